The van der Waals surface area contributed by atoms with Gasteiger partial charge in [0.05, 0.1) is 5.60 Å². The minimum atomic E-state index is 0.257. The molecule has 2 heterocycles. The maximum atomic E-state index is 6.35. The highest BCUT2D eigenvalue weighted by Gasteiger charge is 2.42. The van der Waals surface area contributed by atoms with Crippen LogP contribution in [0.3, 0.4) is 0 Å². The Balaban J connectivity index is 1.62. The first-order valence-electron chi connectivity index (χ1n) is 7.13. The first kappa shape index (κ1) is 12.6. The molecule has 4 unspecified atom stereocenters. The van der Waals surface area contributed by atoms with Crippen LogP contribution in [0.4, 0.5) is 0 Å². The van der Waals surface area contributed by atoms with Crippen LogP contribution in [-0.4, -0.2) is 29.1 Å². The zero-order valence-electron chi connectivity index (χ0n) is 10.5. The van der Waals surface area contributed by atoms with Crippen molar-refractivity contribution in [2.45, 2.75) is 55.9 Å². The van der Waals surface area contributed by atoms with E-state index in [9.17, 15) is 0 Å². The smallest absolute Gasteiger partial charge is 0.0783 e. The van der Waals surface area contributed by atoms with Crippen LogP contribution in [-0.2, 0) is 4.74 Å². The summed E-state index contributed by atoms with van der Waals surface area (Å²) in [4.78, 5) is 0. The summed E-state index contributed by atoms with van der Waals surface area (Å²) in [5.74, 6) is 4.32. The third kappa shape index (κ3) is 2.79. The zero-order chi connectivity index (χ0) is 11.7. The quantitative estimate of drug-likeness (QED) is 0.666. The molecule has 0 amide bonds. The normalized spacial score (nSPS) is 47.5. The van der Waals surface area contributed by atoms with Gasteiger partial charge in [-0.3, -0.25) is 0 Å². The highest BCUT2D eigenvalue weighted by atomic mass is 35.5. The maximum absolute atomic E-state index is 6.35. The number of halogens is 1. The van der Waals surface area contributed by atoms with Crippen LogP contribution in [0.2, 0.25) is 0 Å². The Bertz CT molecular complexity index is 265. The second-order valence-electron chi connectivity index (χ2n) is 6.11. The van der Waals surface area contributed by atoms with Gasteiger partial charge >= 0.3 is 0 Å². The van der Waals surface area contributed by atoms with Gasteiger partial charge in [-0.15, -0.1) is 11.6 Å². The average Bonchev–Trinajstić information content (AvgIpc) is 2.77. The summed E-state index contributed by atoms with van der Waals surface area (Å²) in [5.41, 5.74) is 0.257. The van der Waals surface area contributed by atoms with Crippen LogP contribution in [0.5, 0.6) is 0 Å². The van der Waals surface area contributed by atoms with Gasteiger partial charge in [0.15, 0.2) is 0 Å². The van der Waals surface area contributed by atoms with Gasteiger partial charge in [-0.1, -0.05) is 12.8 Å². The van der Waals surface area contributed by atoms with Crippen LogP contribution >= 0.6 is 23.4 Å². The van der Waals surface area contributed by atoms with Crippen molar-refractivity contribution in [3.05, 3.63) is 0 Å². The zero-order valence-corrected chi connectivity index (χ0v) is 12.1. The molecule has 1 aliphatic carbocycles. The molecule has 1 nitrogen and oxygen atoms in total. The maximum Gasteiger partial charge on any atom is 0.0783 e. The predicted octanol–water partition coefficient (Wildman–Crippen LogP) is 4.09. The van der Waals surface area contributed by atoms with Gasteiger partial charge in [-0.25, -0.2) is 0 Å². The van der Waals surface area contributed by atoms with Gasteiger partial charge in [-0.2, -0.15) is 11.8 Å². The van der Waals surface area contributed by atoms with E-state index in [1.807, 2.05) is 0 Å². The molecule has 17 heavy (non-hydrogen) atoms. The number of rotatable bonds is 1. The van der Waals surface area contributed by atoms with Gasteiger partial charge in [0.2, 0.25) is 0 Å². The SMILES string of the molecule is ClC1CCCC(C2CCOC3(CCSC3)C2)C1. The highest BCUT2D eigenvalue weighted by molar-refractivity contribution is 7.99. The van der Waals surface area contributed by atoms with E-state index in [-0.39, 0.29) is 5.60 Å². The molecule has 0 radical (unpaired) electrons. The number of thioether (sulfide) groups is 1. The molecule has 2 saturated heterocycles. The highest BCUT2D eigenvalue weighted by Crippen LogP contribution is 2.45. The standard InChI is InChI=1S/C14H23ClOS/c15-13-3-1-2-11(8-13)12-4-6-16-14(9-12)5-7-17-10-14/h11-13H,1-10H2. The number of ether oxygens (including phenoxy) is 1. The molecule has 2 aliphatic heterocycles. The lowest BCUT2D eigenvalue weighted by molar-refractivity contribution is -0.0914. The van der Waals surface area contributed by atoms with Crippen molar-refractivity contribution < 1.29 is 4.74 Å². The molecular weight excluding hydrogens is 252 g/mol. The number of hydrogen-bond donors (Lipinski definition) is 0. The average molecular weight is 275 g/mol. The molecule has 0 aromatic heterocycles. The van der Waals surface area contributed by atoms with Crippen molar-refractivity contribution in [2.75, 3.05) is 18.1 Å². The molecule has 1 saturated carbocycles. The first-order chi connectivity index (χ1) is 8.27. The molecule has 0 aromatic rings. The lowest BCUT2D eigenvalue weighted by atomic mass is 9.72. The summed E-state index contributed by atoms with van der Waals surface area (Å²) >= 11 is 8.42. The van der Waals surface area contributed by atoms with Crippen molar-refractivity contribution in [2.24, 2.45) is 11.8 Å². The Hall–Kier alpha value is 0.600. The van der Waals surface area contributed by atoms with Crippen molar-refractivity contribution in [1.29, 1.82) is 0 Å². The van der Waals surface area contributed by atoms with E-state index >= 15 is 0 Å². The van der Waals surface area contributed by atoms with Gasteiger partial charge in [0, 0.05) is 17.7 Å². The van der Waals surface area contributed by atoms with Crippen molar-refractivity contribution in [3.63, 3.8) is 0 Å². The summed E-state index contributed by atoms with van der Waals surface area (Å²) < 4.78 is 6.12. The summed E-state index contributed by atoms with van der Waals surface area (Å²) in [6.07, 6.45) is 9.13. The molecule has 3 aliphatic rings. The van der Waals surface area contributed by atoms with E-state index in [4.69, 9.17) is 16.3 Å². The monoisotopic (exact) mass is 274 g/mol. The summed E-state index contributed by atoms with van der Waals surface area (Å²) in [6.45, 7) is 0.995. The molecule has 1 spiro atoms. The third-order valence-electron chi connectivity index (χ3n) is 4.92. The molecule has 3 rings (SSSR count). The molecule has 98 valence electrons. The van der Waals surface area contributed by atoms with Gasteiger partial charge in [0.1, 0.15) is 0 Å². The molecule has 0 bridgehead atoms. The van der Waals surface area contributed by atoms with Crippen molar-refractivity contribution in [1.82, 2.24) is 0 Å². The topological polar surface area (TPSA) is 9.23 Å². The molecular formula is C14H23ClOS. The van der Waals surface area contributed by atoms with Crippen LogP contribution in [0.1, 0.15) is 44.9 Å². The Morgan fingerprint density at radius 2 is 2.12 bits per heavy atom. The van der Waals surface area contributed by atoms with E-state index in [1.54, 1.807) is 0 Å². The summed E-state index contributed by atoms with van der Waals surface area (Å²) in [5, 5.41) is 0.450. The molecule has 0 aromatic carbocycles. The second kappa shape index (κ2) is 5.30. The van der Waals surface area contributed by atoms with E-state index < -0.39 is 0 Å². The van der Waals surface area contributed by atoms with Gasteiger partial charge < -0.3 is 4.74 Å². The third-order valence-corrected chi connectivity index (χ3v) is 6.54. The Labute approximate surface area is 114 Å². The van der Waals surface area contributed by atoms with Gasteiger partial charge in [0.25, 0.3) is 0 Å². The van der Waals surface area contributed by atoms with Crippen LogP contribution in [0.15, 0.2) is 0 Å². The Morgan fingerprint density at radius 3 is 2.88 bits per heavy atom. The lowest BCUT2D eigenvalue weighted by Crippen LogP contribution is -2.42. The van der Waals surface area contributed by atoms with E-state index in [1.165, 1.54) is 56.5 Å². The largest absolute Gasteiger partial charge is 0.374 e. The van der Waals surface area contributed by atoms with Crippen LogP contribution in [0, 0.1) is 11.8 Å². The second-order valence-corrected chi connectivity index (χ2v) is 7.83. The predicted molar refractivity (Wildman–Crippen MR) is 74.9 cm³/mol. The fourth-order valence-corrected chi connectivity index (χ4v) is 5.69. The fourth-order valence-electron chi connectivity index (χ4n) is 3.93. The molecule has 0 N–H and O–H groups in total. The fraction of sp³-hybridized carbons (Fsp3) is 1.00. The van der Waals surface area contributed by atoms with E-state index in [2.05, 4.69) is 11.8 Å². The minimum absolute atomic E-state index is 0.257. The molecule has 3 fully saturated rings. The Morgan fingerprint density at radius 1 is 1.18 bits per heavy atom. The van der Waals surface area contributed by atoms with E-state index in [0.717, 1.165) is 18.4 Å². The number of hydrogen-bond acceptors (Lipinski definition) is 2. The lowest BCUT2D eigenvalue weighted by Gasteiger charge is -2.42. The molecule has 4 atom stereocenters. The van der Waals surface area contributed by atoms with Crippen LogP contribution < -0.4 is 0 Å². The van der Waals surface area contributed by atoms with Gasteiger partial charge in [-0.05, 0) is 49.7 Å². The van der Waals surface area contributed by atoms with Crippen molar-refractivity contribution in [3.8, 4) is 0 Å². The summed E-state index contributed by atoms with van der Waals surface area (Å²) in [7, 11) is 0. The Kier molecular flexibility index (Phi) is 3.94. The number of alkyl halides is 1. The van der Waals surface area contributed by atoms with Crippen molar-refractivity contribution >= 4 is 23.4 Å². The molecule has 3 heteroatoms. The minimum Gasteiger partial charge on any atom is -0.374 e. The van der Waals surface area contributed by atoms with Crippen LogP contribution in [0.25, 0.3) is 0 Å². The van der Waals surface area contributed by atoms with E-state index in [0.29, 0.717) is 5.38 Å². The first-order valence-corrected chi connectivity index (χ1v) is 8.72. The summed E-state index contributed by atoms with van der Waals surface area (Å²) in [6, 6.07) is 0.